The third-order valence-electron chi connectivity index (χ3n) is 4.01. The zero-order valence-electron chi connectivity index (χ0n) is 12.0. The molecule has 22 heavy (non-hydrogen) atoms. The molecule has 0 atom stereocenters. The Kier molecular flexibility index (Phi) is 3.04. The molecule has 4 rings (SSSR count). The summed E-state index contributed by atoms with van der Waals surface area (Å²) >= 11 is 0. The van der Waals surface area contributed by atoms with Gasteiger partial charge in [0.2, 0.25) is 0 Å². The van der Waals surface area contributed by atoms with E-state index in [0.717, 1.165) is 23.0 Å². The normalized spacial score (nSPS) is 15.1. The van der Waals surface area contributed by atoms with Crippen LogP contribution < -0.4 is 0 Å². The van der Waals surface area contributed by atoms with Crippen LogP contribution in [0.25, 0.3) is 16.6 Å². The van der Waals surface area contributed by atoms with Gasteiger partial charge in [-0.1, -0.05) is 6.08 Å². The number of furan rings is 1. The second-order valence-corrected chi connectivity index (χ2v) is 5.31. The number of rotatable bonds is 2. The fourth-order valence-electron chi connectivity index (χ4n) is 2.85. The summed E-state index contributed by atoms with van der Waals surface area (Å²) in [5.74, 6) is 0.336. The van der Waals surface area contributed by atoms with E-state index in [1.54, 1.807) is 23.2 Å². The number of hydrogen-bond donors (Lipinski definition) is 1. The lowest BCUT2D eigenvalue weighted by Crippen LogP contribution is -2.34. The second-order valence-electron chi connectivity index (χ2n) is 5.31. The molecule has 110 valence electrons. The molecule has 4 heterocycles. The Morgan fingerprint density at radius 2 is 2.27 bits per heavy atom. The minimum atomic E-state index is -0.0580. The summed E-state index contributed by atoms with van der Waals surface area (Å²) in [5, 5.41) is 0. The summed E-state index contributed by atoms with van der Waals surface area (Å²) < 4.78 is 5.18. The van der Waals surface area contributed by atoms with Crippen LogP contribution >= 0.6 is 0 Å². The molecule has 5 heteroatoms. The average Bonchev–Trinajstić information content (AvgIpc) is 3.24. The van der Waals surface area contributed by atoms with Crippen LogP contribution in [0.2, 0.25) is 0 Å². The Morgan fingerprint density at radius 1 is 1.32 bits per heavy atom. The first-order chi connectivity index (χ1) is 10.8. The molecule has 1 amide bonds. The zero-order valence-corrected chi connectivity index (χ0v) is 12.0. The van der Waals surface area contributed by atoms with E-state index in [2.05, 4.69) is 16.0 Å². The summed E-state index contributed by atoms with van der Waals surface area (Å²) in [6.07, 6.45) is 8.23. The number of nitrogens with zero attached hydrogens (tertiary/aromatic N) is 2. The highest BCUT2D eigenvalue weighted by molar-refractivity contribution is 5.93. The molecule has 0 saturated heterocycles. The maximum Gasteiger partial charge on any atom is 0.289 e. The molecule has 1 aliphatic rings. The number of hydrogen-bond acceptors (Lipinski definition) is 3. The van der Waals surface area contributed by atoms with Crippen LogP contribution in [-0.4, -0.2) is 33.9 Å². The van der Waals surface area contributed by atoms with Crippen molar-refractivity contribution in [2.45, 2.75) is 6.42 Å². The first kappa shape index (κ1) is 12.9. The van der Waals surface area contributed by atoms with Gasteiger partial charge in [0.15, 0.2) is 5.76 Å². The number of aromatic amines is 1. The van der Waals surface area contributed by atoms with Crippen LogP contribution in [-0.2, 0) is 0 Å². The maximum atomic E-state index is 12.3. The number of nitrogens with one attached hydrogen (secondary N) is 1. The SMILES string of the molecule is O=C(c1ccco1)N1CC=C(c2c[nH]c3cccnc23)CC1. The Morgan fingerprint density at radius 3 is 3.05 bits per heavy atom. The van der Waals surface area contributed by atoms with Crippen LogP contribution in [0.4, 0.5) is 0 Å². The van der Waals surface area contributed by atoms with E-state index in [1.165, 1.54) is 11.8 Å². The molecule has 0 radical (unpaired) electrons. The Hall–Kier alpha value is -2.82. The fraction of sp³-hybridized carbons (Fsp3) is 0.176. The molecule has 3 aromatic heterocycles. The Balaban J connectivity index is 1.58. The van der Waals surface area contributed by atoms with Crippen LogP contribution in [0.5, 0.6) is 0 Å². The second kappa shape index (κ2) is 5.18. The summed E-state index contributed by atoms with van der Waals surface area (Å²) in [4.78, 5) is 21.7. The van der Waals surface area contributed by atoms with Crippen LogP contribution in [0.1, 0.15) is 22.5 Å². The summed E-state index contributed by atoms with van der Waals surface area (Å²) in [6, 6.07) is 7.37. The molecule has 5 nitrogen and oxygen atoms in total. The van der Waals surface area contributed by atoms with Crippen LogP contribution in [0.15, 0.2) is 53.4 Å². The summed E-state index contributed by atoms with van der Waals surface area (Å²) in [7, 11) is 0. The highest BCUT2D eigenvalue weighted by Gasteiger charge is 2.22. The van der Waals surface area contributed by atoms with Crippen molar-refractivity contribution in [3.63, 3.8) is 0 Å². The third kappa shape index (κ3) is 2.11. The van der Waals surface area contributed by atoms with Crippen molar-refractivity contribution in [1.82, 2.24) is 14.9 Å². The van der Waals surface area contributed by atoms with Crippen molar-refractivity contribution in [2.75, 3.05) is 13.1 Å². The molecule has 1 aliphatic heterocycles. The number of fused-ring (bicyclic) bond motifs is 1. The van der Waals surface area contributed by atoms with Gasteiger partial charge in [0, 0.05) is 31.0 Å². The van der Waals surface area contributed by atoms with E-state index in [-0.39, 0.29) is 5.91 Å². The lowest BCUT2D eigenvalue weighted by atomic mass is 10.0. The van der Waals surface area contributed by atoms with E-state index in [0.29, 0.717) is 18.8 Å². The van der Waals surface area contributed by atoms with E-state index < -0.39 is 0 Å². The number of carbonyl (C=O) groups excluding carboxylic acids is 1. The van der Waals surface area contributed by atoms with Crippen molar-refractivity contribution in [1.29, 1.82) is 0 Å². The molecule has 0 bridgehead atoms. The smallest absolute Gasteiger partial charge is 0.289 e. The van der Waals surface area contributed by atoms with Crippen LogP contribution in [0, 0.1) is 0 Å². The fourth-order valence-corrected chi connectivity index (χ4v) is 2.85. The Labute approximate surface area is 127 Å². The van der Waals surface area contributed by atoms with Crippen molar-refractivity contribution < 1.29 is 9.21 Å². The van der Waals surface area contributed by atoms with Gasteiger partial charge >= 0.3 is 0 Å². The Bertz CT molecular complexity index is 846. The lowest BCUT2D eigenvalue weighted by molar-refractivity contribution is 0.0741. The molecule has 0 spiro atoms. The van der Waals surface area contributed by atoms with Gasteiger partial charge in [-0.25, -0.2) is 0 Å². The zero-order chi connectivity index (χ0) is 14.9. The van der Waals surface area contributed by atoms with Crippen molar-refractivity contribution in [3.8, 4) is 0 Å². The molecule has 0 saturated carbocycles. The van der Waals surface area contributed by atoms with Gasteiger partial charge in [-0.3, -0.25) is 9.78 Å². The number of carbonyl (C=O) groups is 1. The van der Waals surface area contributed by atoms with Crippen molar-refractivity contribution in [3.05, 3.63) is 60.3 Å². The molecule has 3 aromatic rings. The minimum Gasteiger partial charge on any atom is -0.459 e. The summed E-state index contributed by atoms with van der Waals surface area (Å²) in [5.41, 5.74) is 4.38. The van der Waals surface area contributed by atoms with Gasteiger partial charge in [-0.05, 0) is 36.3 Å². The first-order valence-corrected chi connectivity index (χ1v) is 7.27. The monoisotopic (exact) mass is 293 g/mol. The number of pyridine rings is 1. The molecule has 1 N–H and O–H groups in total. The highest BCUT2D eigenvalue weighted by atomic mass is 16.3. The van der Waals surface area contributed by atoms with Gasteiger partial charge in [0.05, 0.1) is 17.3 Å². The van der Waals surface area contributed by atoms with Crippen molar-refractivity contribution in [2.24, 2.45) is 0 Å². The lowest BCUT2D eigenvalue weighted by Gasteiger charge is -2.25. The van der Waals surface area contributed by atoms with E-state index in [1.807, 2.05) is 18.3 Å². The number of amides is 1. The highest BCUT2D eigenvalue weighted by Crippen LogP contribution is 2.28. The van der Waals surface area contributed by atoms with Crippen molar-refractivity contribution >= 4 is 22.5 Å². The van der Waals surface area contributed by atoms with Gasteiger partial charge in [0.1, 0.15) is 0 Å². The quantitative estimate of drug-likeness (QED) is 0.789. The summed E-state index contributed by atoms with van der Waals surface area (Å²) in [6.45, 7) is 1.28. The molecule has 0 aliphatic carbocycles. The van der Waals surface area contributed by atoms with Crippen LogP contribution in [0.3, 0.4) is 0 Å². The van der Waals surface area contributed by atoms with Gasteiger partial charge in [-0.15, -0.1) is 0 Å². The molecular formula is C17H15N3O2. The topological polar surface area (TPSA) is 62.1 Å². The van der Waals surface area contributed by atoms with E-state index in [4.69, 9.17) is 4.42 Å². The van der Waals surface area contributed by atoms with Gasteiger partial charge in [-0.2, -0.15) is 0 Å². The average molecular weight is 293 g/mol. The largest absolute Gasteiger partial charge is 0.459 e. The standard InChI is InChI=1S/C17H15N3O2/c21-17(15-4-2-10-22-15)20-8-5-12(6-9-20)13-11-19-14-3-1-7-18-16(13)14/h1-5,7,10-11,19H,6,8-9H2. The molecular weight excluding hydrogens is 278 g/mol. The molecule has 0 unspecified atom stereocenters. The van der Waals surface area contributed by atoms with E-state index >= 15 is 0 Å². The predicted octanol–water partition coefficient (Wildman–Crippen LogP) is 3.09. The first-order valence-electron chi connectivity index (χ1n) is 7.27. The van der Waals surface area contributed by atoms with Gasteiger partial charge < -0.3 is 14.3 Å². The molecule has 0 fully saturated rings. The number of H-pyrrole nitrogens is 1. The van der Waals surface area contributed by atoms with Gasteiger partial charge in [0.25, 0.3) is 5.91 Å². The predicted molar refractivity (Wildman–Crippen MR) is 83.3 cm³/mol. The number of aromatic nitrogens is 2. The molecule has 0 aromatic carbocycles. The maximum absolute atomic E-state index is 12.3. The minimum absolute atomic E-state index is 0.0580. The third-order valence-corrected chi connectivity index (χ3v) is 4.01. The van der Waals surface area contributed by atoms with E-state index in [9.17, 15) is 4.79 Å².